The van der Waals surface area contributed by atoms with Crippen LogP contribution in [0.1, 0.15) is 16.5 Å². The maximum Gasteiger partial charge on any atom is 0.123 e. The van der Waals surface area contributed by atoms with Gasteiger partial charge in [0.2, 0.25) is 0 Å². The van der Waals surface area contributed by atoms with E-state index < -0.39 is 0 Å². The van der Waals surface area contributed by atoms with E-state index in [0.29, 0.717) is 10.6 Å². The number of halogens is 2. The summed E-state index contributed by atoms with van der Waals surface area (Å²) in [5.74, 6) is 5.17. The lowest BCUT2D eigenvalue weighted by atomic mass is 10.1. The zero-order valence-electron chi connectivity index (χ0n) is 8.28. The zero-order valence-corrected chi connectivity index (χ0v) is 9.86. The van der Waals surface area contributed by atoms with E-state index in [1.165, 1.54) is 18.2 Å². The van der Waals surface area contributed by atoms with E-state index in [1.807, 2.05) is 17.5 Å². The van der Waals surface area contributed by atoms with Crippen LogP contribution in [-0.2, 0) is 0 Å². The van der Waals surface area contributed by atoms with Crippen LogP contribution in [0.4, 0.5) is 4.39 Å². The summed E-state index contributed by atoms with van der Waals surface area (Å²) < 4.78 is 13.2. The number of hydrogen-bond donors (Lipinski definition) is 2. The van der Waals surface area contributed by atoms with Crippen molar-refractivity contribution in [3.8, 4) is 0 Å². The molecule has 0 aliphatic carbocycles. The van der Waals surface area contributed by atoms with Gasteiger partial charge in [0.15, 0.2) is 0 Å². The normalized spacial score (nSPS) is 12.7. The second-order valence-electron chi connectivity index (χ2n) is 3.28. The van der Waals surface area contributed by atoms with Crippen molar-refractivity contribution >= 4 is 22.9 Å². The Hall–Kier alpha value is -0.940. The van der Waals surface area contributed by atoms with Crippen LogP contribution in [0, 0.1) is 5.82 Å². The molecule has 16 heavy (non-hydrogen) atoms. The molecule has 84 valence electrons. The Morgan fingerprint density at radius 1 is 1.38 bits per heavy atom. The Balaban J connectivity index is 2.44. The molecule has 0 aliphatic heterocycles. The molecule has 0 aliphatic rings. The maximum absolute atomic E-state index is 13.2. The average molecular weight is 257 g/mol. The lowest BCUT2D eigenvalue weighted by molar-refractivity contribution is 0.609. The van der Waals surface area contributed by atoms with E-state index in [-0.39, 0.29) is 11.9 Å². The molecule has 1 aromatic carbocycles. The fourth-order valence-electron chi connectivity index (χ4n) is 1.52. The summed E-state index contributed by atoms with van der Waals surface area (Å²) in [7, 11) is 0. The van der Waals surface area contributed by atoms with E-state index in [1.54, 1.807) is 11.3 Å². The molecule has 3 N–H and O–H groups in total. The second kappa shape index (κ2) is 4.93. The number of rotatable bonds is 3. The van der Waals surface area contributed by atoms with Crippen LogP contribution >= 0.6 is 22.9 Å². The van der Waals surface area contributed by atoms with Gasteiger partial charge in [-0.15, -0.1) is 11.3 Å². The van der Waals surface area contributed by atoms with Gasteiger partial charge in [-0.3, -0.25) is 5.84 Å². The first-order valence-corrected chi connectivity index (χ1v) is 5.92. The highest BCUT2D eigenvalue weighted by Gasteiger charge is 2.17. The van der Waals surface area contributed by atoms with Crippen LogP contribution in [0.5, 0.6) is 0 Å². The molecule has 0 bridgehead atoms. The molecule has 1 atom stereocenters. The van der Waals surface area contributed by atoms with Crippen molar-refractivity contribution in [2.75, 3.05) is 0 Å². The Morgan fingerprint density at radius 2 is 2.19 bits per heavy atom. The molecule has 0 spiro atoms. The topological polar surface area (TPSA) is 38.0 Å². The predicted octanol–water partition coefficient (Wildman–Crippen LogP) is 3.09. The monoisotopic (exact) mass is 256 g/mol. The standard InChI is InChI=1S/C11H10ClFN2S/c12-9-4-3-7(13)6-8(9)11(15-14)10-2-1-5-16-10/h1-6,11,15H,14H2. The molecule has 2 nitrogen and oxygen atoms in total. The Bertz CT molecular complexity index is 473. The molecular weight excluding hydrogens is 247 g/mol. The fourth-order valence-corrected chi connectivity index (χ4v) is 2.55. The highest BCUT2D eigenvalue weighted by Crippen LogP contribution is 2.30. The summed E-state index contributed by atoms with van der Waals surface area (Å²) in [6.07, 6.45) is 0. The van der Waals surface area contributed by atoms with E-state index >= 15 is 0 Å². The van der Waals surface area contributed by atoms with Gasteiger partial charge >= 0.3 is 0 Å². The van der Waals surface area contributed by atoms with Crippen molar-refractivity contribution < 1.29 is 4.39 Å². The van der Waals surface area contributed by atoms with Crippen molar-refractivity contribution in [1.29, 1.82) is 0 Å². The molecule has 2 rings (SSSR count). The van der Waals surface area contributed by atoms with Gasteiger partial charge in [-0.1, -0.05) is 17.7 Å². The number of thiophene rings is 1. The van der Waals surface area contributed by atoms with Gasteiger partial charge in [0, 0.05) is 9.90 Å². The first kappa shape index (κ1) is 11.5. The molecule has 0 amide bonds. The predicted molar refractivity (Wildman–Crippen MR) is 64.9 cm³/mol. The summed E-state index contributed by atoms with van der Waals surface area (Å²) in [5.41, 5.74) is 3.29. The third kappa shape index (κ3) is 2.25. The first-order valence-electron chi connectivity index (χ1n) is 4.67. The largest absolute Gasteiger partial charge is 0.271 e. The van der Waals surface area contributed by atoms with E-state index in [4.69, 9.17) is 17.4 Å². The molecule has 2 aromatic rings. The summed E-state index contributed by atoms with van der Waals surface area (Å²) >= 11 is 7.57. The van der Waals surface area contributed by atoms with Gasteiger partial charge in [0.05, 0.1) is 6.04 Å². The highest BCUT2D eigenvalue weighted by atomic mass is 35.5. The number of nitrogens with one attached hydrogen (secondary N) is 1. The molecule has 1 heterocycles. The van der Waals surface area contributed by atoms with Gasteiger partial charge in [-0.05, 0) is 35.2 Å². The maximum atomic E-state index is 13.2. The number of hydrazine groups is 1. The third-order valence-electron chi connectivity index (χ3n) is 2.26. The number of nitrogens with two attached hydrogens (primary N) is 1. The smallest absolute Gasteiger partial charge is 0.123 e. The van der Waals surface area contributed by atoms with Crippen molar-refractivity contribution in [3.05, 3.63) is 57.0 Å². The number of benzene rings is 1. The average Bonchev–Trinajstić information content (AvgIpc) is 2.78. The summed E-state index contributed by atoms with van der Waals surface area (Å²) in [4.78, 5) is 0.995. The molecule has 0 radical (unpaired) electrons. The molecule has 1 unspecified atom stereocenters. The van der Waals surface area contributed by atoms with Gasteiger partial charge in [-0.2, -0.15) is 0 Å². The van der Waals surface area contributed by atoms with Crippen molar-refractivity contribution in [2.45, 2.75) is 6.04 Å². The zero-order chi connectivity index (χ0) is 11.5. The second-order valence-corrected chi connectivity index (χ2v) is 4.67. The van der Waals surface area contributed by atoms with Crippen molar-refractivity contribution in [3.63, 3.8) is 0 Å². The molecule has 0 saturated heterocycles. The van der Waals surface area contributed by atoms with Crippen LogP contribution in [0.3, 0.4) is 0 Å². The molecule has 5 heteroatoms. The third-order valence-corrected chi connectivity index (χ3v) is 3.54. The minimum atomic E-state index is -0.323. The number of hydrogen-bond acceptors (Lipinski definition) is 3. The quantitative estimate of drug-likeness (QED) is 0.654. The van der Waals surface area contributed by atoms with Gasteiger partial charge < -0.3 is 0 Å². The molecule has 1 aromatic heterocycles. The fraction of sp³-hybridized carbons (Fsp3) is 0.0909. The SMILES string of the molecule is NNC(c1cccs1)c1cc(F)ccc1Cl. The van der Waals surface area contributed by atoms with Crippen LogP contribution < -0.4 is 11.3 Å². The van der Waals surface area contributed by atoms with Crippen LogP contribution in [-0.4, -0.2) is 0 Å². The lowest BCUT2D eigenvalue weighted by Gasteiger charge is -2.16. The molecule has 0 saturated carbocycles. The summed E-state index contributed by atoms with van der Waals surface area (Å²) in [6.45, 7) is 0. The van der Waals surface area contributed by atoms with Crippen molar-refractivity contribution in [2.24, 2.45) is 5.84 Å². The molecule has 0 fully saturated rings. The minimum Gasteiger partial charge on any atom is -0.271 e. The van der Waals surface area contributed by atoms with Crippen molar-refractivity contribution in [1.82, 2.24) is 5.43 Å². The Morgan fingerprint density at radius 3 is 2.81 bits per heavy atom. The van der Waals surface area contributed by atoms with E-state index in [0.717, 1.165) is 4.88 Å². The van der Waals surface area contributed by atoms with E-state index in [9.17, 15) is 4.39 Å². The van der Waals surface area contributed by atoms with Gasteiger partial charge in [0.25, 0.3) is 0 Å². The van der Waals surface area contributed by atoms with Crippen LogP contribution in [0.25, 0.3) is 0 Å². The minimum absolute atomic E-state index is 0.275. The van der Waals surface area contributed by atoms with Gasteiger partial charge in [0.1, 0.15) is 5.82 Å². The van der Waals surface area contributed by atoms with Gasteiger partial charge in [-0.25, -0.2) is 9.82 Å². The summed E-state index contributed by atoms with van der Waals surface area (Å²) in [6, 6.07) is 7.82. The Labute approximate surface area is 102 Å². The summed E-state index contributed by atoms with van der Waals surface area (Å²) in [5, 5.41) is 2.44. The van der Waals surface area contributed by atoms with Crippen LogP contribution in [0.15, 0.2) is 35.7 Å². The first-order chi connectivity index (χ1) is 7.72. The lowest BCUT2D eigenvalue weighted by Crippen LogP contribution is -2.28. The van der Waals surface area contributed by atoms with E-state index in [2.05, 4.69) is 5.43 Å². The Kier molecular flexibility index (Phi) is 3.56. The van der Waals surface area contributed by atoms with Crippen LogP contribution in [0.2, 0.25) is 5.02 Å². The molecular formula is C11H10ClFN2S. The highest BCUT2D eigenvalue weighted by molar-refractivity contribution is 7.10.